The van der Waals surface area contributed by atoms with Crippen molar-refractivity contribution >= 4 is 11.8 Å². The van der Waals surface area contributed by atoms with Crippen LogP contribution in [0.3, 0.4) is 0 Å². The molecule has 5 heteroatoms. The summed E-state index contributed by atoms with van der Waals surface area (Å²) in [4.78, 5) is 22.6. The Morgan fingerprint density at radius 3 is 2.29 bits per heavy atom. The molecule has 0 aliphatic carbocycles. The number of benzene rings is 1. The maximum absolute atomic E-state index is 12.6. The molecule has 17 heavy (non-hydrogen) atoms. The van der Waals surface area contributed by atoms with Gasteiger partial charge in [-0.1, -0.05) is 26.0 Å². The summed E-state index contributed by atoms with van der Waals surface area (Å²) in [6.45, 7) is 3.45. The van der Waals surface area contributed by atoms with Crippen molar-refractivity contribution in [2.45, 2.75) is 20.3 Å². The zero-order valence-corrected chi connectivity index (χ0v) is 9.79. The Kier molecular flexibility index (Phi) is 4.63. The minimum absolute atomic E-state index is 0.0959. The van der Waals surface area contributed by atoms with Crippen LogP contribution in [-0.4, -0.2) is 11.8 Å². The summed E-state index contributed by atoms with van der Waals surface area (Å²) in [7, 11) is 0. The molecule has 0 radical (unpaired) electrons. The average molecular weight is 238 g/mol. The molecule has 2 amide bonds. The largest absolute Gasteiger partial charge is 0.273 e. The average Bonchev–Trinajstić information content (AvgIpc) is 2.29. The second kappa shape index (κ2) is 5.98. The molecule has 0 atom stereocenters. The molecule has 1 aromatic carbocycles. The Morgan fingerprint density at radius 2 is 1.76 bits per heavy atom. The number of carbonyl (C=O) groups is 2. The van der Waals surface area contributed by atoms with E-state index in [1.54, 1.807) is 13.8 Å². The van der Waals surface area contributed by atoms with E-state index in [2.05, 4.69) is 10.9 Å². The van der Waals surface area contributed by atoms with Crippen molar-refractivity contribution < 1.29 is 14.0 Å². The van der Waals surface area contributed by atoms with Gasteiger partial charge in [0.25, 0.3) is 0 Å². The highest BCUT2D eigenvalue weighted by Crippen LogP contribution is 2.03. The van der Waals surface area contributed by atoms with Crippen LogP contribution in [0.5, 0.6) is 0 Å². The smallest absolute Gasteiger partial charge is 0.242 e. The summed E-state index contributed by atoms with van der Waals surface area (Å²) in [6.07, 6.45) is 0.0959. The molecule has 4 nitrogen and oxygen atoms in total. The quantitative estimate of drug-likeness (QED) is 0.777. The van der Waals surface area contributed by atoms with E-state index in [1.807, 2.05) is 0 Å². The van der Waals surface area contributed by atoms with Crippen LogP contribution in [0.1, 0.15) is 19.4 Å². The Labute approximate surface area is 99.2 Å². The van der Waals surface area contributed by atoms with Gasteiger partial charge in [0.15, 0.2) is 0 Å². The predicted molar refractivity (Wildman–Crippen MR) is 61.2 cm³/mol. The number of hydrazine groups is 1. The maximum atomic E-state index is 12.6. The molecule has 0 fully saturated rings. The third-order valence-corrected chi connectivity index (χ3v) is 2.13. The summed E-state index contributed by atoms with van der Waals surface area (Å²) in [5.41, 5.74) is 5.28. The van der Waals surface area contributed by atoms with Crippen molar-refractivity contribution in [3.63, 3.8) is 0 Å². The van der Waals surface area contributed by atoms with Crippen LogP contribution >= 0.6 is 0 Å². The molecule has 0 aliphatic rings. The van der Waals surface area contributed by atoms with Crippen molar-refractivity contribution in [2.75, 3.05) is 0 Å². The highest BCUT2D eigenvalue weighted by Gasteiger charge is 2.08. The first kappa shape index (κ1) is 13.2. The van der Waals surface area contributed by atoms with Gasteiger partial charge in [-0.2, -0.15) is 0 Å². The minimum Gasteiger partial charge on any atom is -0.273 e. The Bertz CT molecular complexity index is 401. The van der Waals surface area contributed by atoms with E-state index < -0.39 is 0 Å². The predicted octanol–water partition coefficient (Wildman–Crippen LogP) is 1.17. The molecule has 0 unspecified atom stereocenters. The van der Waals surface area contributed by atoms with Gasteiger partial charge in [0.05, 0.1) is 6.42 Å². The van der Waals surface area contributed by atoms with Crippen LogP contribution in [0.15, 0.2) is 24.3 Å². The SMILES string of the molecule is CC(C)C(=O)NNC(=O)Cc1ccc(F)cc1. The molecular formula is C12H15FN2O2. The van der Waals surface area contributed by atoms with Gasteiger partial charge in [-0.3, -0.25) is 20.4 Å². The summed E-state index contributed by atoms with van der Waals surface area (Å²) in [5, 5.41) is 0. The van der Waals surface area contributed by atoms with Gasteiger partial charge >= 0.3 is 0 Å². The summed E-state index contributed by atoms with van der Waals surface area (Å²) in [6, 6.07) is 5.63. The van der Waals surface area contributed by atoms with Crippen molar-refractivity contribution in [3.8, 4) is 0 Å². The first-order chi connectivity index (χ1) is 7.99. The molecule has 0 bridgehead atoms. The molecule has 2 N–H and O–H groups in total. The zero-order valence-electron chi connectivity index (χ0n) is 9.79. The van der Waals surface area contributed by atoms with Gasteiger partial charge in [0.1, 0.15) is 5.82 Å². The standard InChI is InChI=1S/C12H15FN2O2/c1-8(2)12(17)15-14-11(16)7-9-3-5-10(13)6-4-9/h3-6,8H,7H2,1-2H3,(H,14,16)(H,15,17). The van der Waals surface area contributed by atoms with E-state index in [0.29, 0.717) is 5.56 Å². The fourth-order valence-electron chi connectivity index (χ4n) is 1.11. The number of amides is 2. The maximum Gasteiger partial charge on any atom is 0.242 e. The lowest BCUT2D eigenvalue weighted by atomic mass is 10.1. The molecule has 0 saturated heterocycles. The molecule has 92 valence electrons. The fourth-order valence-corrected chi connectivity index (χ4v) is 1.11. The Morgan fingerprint density at radius 1 is 1.18 bits per heavy atom. The Hall–Kier alpha value is -1.91. The van der Waals surface area contributed by atoms with Gasteiger partial charge in [-0.05, 0) is 17.7 Å². The van der Waals surface area contributed by atoms with Crippen LogP contribution in [-0.2, 0) is 16.0 Å². The molecular weight excluding hydrogens is 223 g/mol. The molecule has 0 aliphatic heterocycles. The number of hydrogen-bond acceptors (Lipinski definition) is 2. The lowest BCUT2D eigenvalue weighted by molar-refractivity contribution is -0.130. The van der Waals surface area contributed by atoms with Crippen LogP contribution < -0.4 is 10.9 Å². The number of nitrogens with one attached hydrogen (secondary N) is 2. The van der Waals surface area contributed by atoms with Crippen LogP contribution in [0.25, 0.3) is 0 Å². The van der Waals surface area contributed by atoms with Crippen molar-refractivity contribution in [3.05, 3.63) is 35.6 Å². The van der Waals surface area contributed by atoms with E-state index in [4.69, 9.17) is 0 Å². The highest BCUT2D eigenvalue weighted by atomic mass is 19.1. The van der Waals surface area contributed by atoms with Crippen LogP contribution in [0.2, 0.25) is 0 Å². The highest BCUT2D eigenvalue weighted by molar-refractivity contribution is 5.83. The number of halogens is 1. The van der Waals surface area contributed by atoms with E-state index in [-0.39, 0.29) is 30.0 Å². The van der Waals surface area contributed by atoms with Gasteiger partial charge in [-0.15, -0.1) is 0 Å². The van der Waals surface area contributed by atoms with Gasteiger partial charge < -0.3 is 0 Å². The topological polar surface area (TPSA) is 58.2 Å². The third kappa shape index (κ3) is 4.63. The molecule has 0 heterocycles. The number of carbonyl (C=O) groups excluding carboxylic acids is 2. The third-order valence-electron chi connectivity index (χ3n) is 2.13. The number of rotatable bonds is 3. The van der Waals surface area contributed by atoms with E-state index in [1.165, 1.54) is 24.3 Å². The van der Waals surface area contributed by atoms with Gasteiger partial charge in [0, 0.05) is 5.92 Å². The molecule has 1 aromatic rings. The van der Waals surface area contributed by atoms with Gasteiger partial charge in [-0.25, -0.2) is 4.39 Å². The molecule has 0 spiro atoms. The molecule has 0 saturated carbocycles. The monoisotopic (exact) mass is 238 g/mol. The minimum atomic E-state index is -0.345. The second-order valence-corrected chi connectivity index (χ2v) is 4.00. The lowest BCUT2D eigenvalue weighted by Gasteiger charge is -2.09. The van der Waals surface area contributed by atoms with E-state index in [0.717, 1.165) is 0 Å². The Balaban J connectivity index is 2.40. The molecule has 1 rings (SSSR count). The fraction of sp³-hybridized carbons (Fsp3) is 0.333. The van der Waals surface area contributed by atoms with Crippen LogP contribution in [0.4, 0.5) is 4.39 Å². The molecule has 0 aromatic heterocycles. The lowest BCUT2D eigenvalue weighted by Crippen LogP contribution is -2.44. The van der Waals surface area contributed by atoms with E-state index >= 15 is 0 Å². The summed E-state index contributed by atoms with van der Waals surface area (Å²) in [5.74, 6) is -1.13. The summed E-state index contributed by atoms with van der Waals surface area (Å²) >= 11 is 0. The van der Waals surface area contributed by atoms with Gasteiger partial charge in [0.2, 0.25) is 11.8 Å². The normalized spacial score (nSPS) is 10.1. The van der Waals surface area contributed by atoms with E-state index in [9.17, 15) is 14.0 Å². The summed E-state index contributed by atoms with van der Waals surface area (Å²) < 4.78 is 12.6. The van der Waals surface area contributed by atoms with Crippen LogP contribution in [0, 0.1) is 11.7 Å². The zero-order chi connectivity index (χ0) is 12.8. The van der Waals surface area contributed by atoms with Crippen molar-refractivity contribution in [2.24, 2.45) is 5.92 Å². The first-order valence-corrected chi connectivity index (χ1v) is 5.32. The second-order valence-electron chi connectivity index (χ2n) is 4.00. The van der Waals surface area contributed by atoms with Crippen molar-refractivity contribution in [1.29, 1.82) is 0 Å². The van der Waals surface area contributed by atoms with Crippen molar-refractivity contribution in [1.82, 2.24) is 10.9 Å². The first-order valence-electron chi connectivity index (χ1n) is 5.32. The number of hydrogen-bond donors (Lipinski definition) is 2.